The normalized spacial score (nSPS) is 31.3. The molecule has 4 nitrogen and oxygen atoms in total. The van der Waals surface area contributed by atoms with Gasteiger partial charge in [0.15, 0.2) is 5.60 Å². The fraction of sp³-hybridized carbons (Fsp3) is 0.944. The number of carbonyl (C=O) groups is 1. The molecule has 2 aliphatic carbocycles. The predicted octanol–water partition coefficient (Wildman–Crippen LogP) is 2.45. The largest absolute Gasteiger partial charge is 0.379 e. The van der Waals surface area contributed by atoms with E-state index >= 15 is 0 Å². The van der Waals surface area contributed by atoms with Crippen LogP contribution in [-0.2, 0) is 4.79 Å². The van der Waals surface area contributed by atoms with E-state index in [2.05, 4.69) is 5.32 Å². The van der Waals surface area contributed by atoms with Crippen molar-refractivity contribution >= 4 is 5.91 Å². The van der Waals surface area contributed by atoms with Gasteiger partial charge in [0, 0.05) is 25.7 Å². The van der Waals surface area contributed by atoms with Crippen molar-refractivity contribution in [2.45, 2.75) is 82.3 Å². The van der Waals surface area contributed by atoms with Crippen molar-refractivity contribution in [3.63, 3.8) is 0 Å². The molecular weight excluding hydrogens is 276 g/mol. The minimum Gasteiger partial charge on any atom is -0.379 e. The Balaban J connectivity index is 1.47. The number of nitrogens with one attached hydrogen (secondary N) is 1. The first-order valence-corrected chi connectivity index (χ1v) is 9.42. The average molecular weight is 308 g/mol. The molecule has 0 aromatic rings. The Labute approximate surface area is 134 Å². The summed E-state index contributed by atoms with van der Waals surface area (Å²) in [5.74, 6) is 0.769. The van der Waals surface area contributed by atoms with Crippen LogP contribution in [0.1, 0.15) is 70.6 Å². The molecule has 3 rings (SSSR count). The third kappa shape index (κ3) is 3.83. The Bertz CT molecular complexity index is 377. The third-order valence-electron chi connectivity index (χ3n) is 6.02. The predicted molar refractivity (Wildman–Crippen MR) is 87.6 cm³/mol. The summed E-state index contributed by atoms with van der Waals surface area (Å²) in [5.41, 5.74) is -1.15. The number of likely N-dealkylation sites (tertiary alicyclic amines) is 1. The second kappa shape index (κ2) is 7.31. The quantitative estimate of drug-likeness (QED) is 0.792. The van der Waals surface area contributed by atoms with Gasteiger partial charge in [-0.15, -0.1) is 0 Å². The van der Waals surface area contributed by atoms with E-state index in [-0.39, 0.29) is 5.91 Å². The van der Waals surface area contributed by atoms with E-state index in [9.17, 15) is 9.90 Å². The van der Waals surface area contributed by atoms with Gasteiger partial charge in [-0.05, 0) is 38.0 Å². The number of amides is 1. The lowest BCUT2D eigenvalue weighted by Gasteiger charge is -2.40. The standard InChI is InChI=1S/C18H32N2O2/c21-17-18(22,14-19-16-8-4-9-16)11-5-12-20(17)13-10-15-6-2-1-3-7-15/h15-16,19,22H,1-14H2/t18-/m1/s1. The third-order valence-corrected chi connectivity index (χ3v) is 6.02. The molecule has 1 saturated heterocycles. The zero-order valence-corrected chi connectivity index (χ0v) is 13.9. The molecule has 22 heavy (non-hydrogen) atoms. The molecule has 0 aromatic heterocycles. The van der Waals surface area contributed by atoms with Crippen LogP contribution >= 0.6 is 0 Å². The lowest BCUT2D eigenvalue weighted by atomic mass is 9.86. The number of hydrogen-bond acceptors (Lipinski definition) is 3. The van der Waals surface area contributed by atoms with Gasteiger partial charge >= 0.3 is 0 Å². The van der Waals surface area contributed by atoms with Crippen LogP contribution in [0.15, 0.2) is 0 Å². The van der Waals surface area contributed by atoms with Crippen LogP contribution in [0, 0.1) is 5.92 Å². The SMILES string of the molecule is O=C1N(CCC2CCCCC2)CCC[C@@]1(O)CNC1CCC1. The maximum atomic E-state index is 12.7. The molecule has 0 aromatic carbocycles. The first kappa shape index (κ1) is 16.3. The molecule has 1 heterocycles. The van der Waals surface area contributed by atoms with Gasteiger partial charge in [-0.3, -0.25) is 4.79 Å². The van der Waals surface area contributed by atoms with Crippen LogP contribution in [0.5, 0.6) is 0 Å². The van der Waals surface area contributed by atoms with Crippen LogP contribution < -0.4 is 5.32 Å². The van der Waals surface area contributed by atoms with Gasteiger partial charge in [-0.25, -0.2) is 0 Å². The van der Waals surface area contributed by atoms with E-state index in [1.807, 2.05) is 4.90 Å². The summed E-state index contributed by atoms with van der Waals surface area (Å²) in [6.07, 6.45) is 13.1. The topological polar surface area (TPSA) is 52.6 Å². The number of nitrogens with zero attached hydrogens (tertiary/aromatic N) is 1. The van der Waals surface area contributed by atoms with Crippen LogP contribution in [0.25, 0.3) is 0 Å². The molecule has 1 aliphatic heterocycles. The Morgan fingerprint density at radius 3 is 2.55 bits per heavy atom. The minimum absolute atomic E-state index is 0.0265. The van der Waals surface area contributed by atoms with Crippen molar-refractivity contribution in [3.05, 3.63) is 0 Å². The summed E-state index contributed by atoms with van der Waals surface area (Å²) in [6.45, 7) is 2.11. The van der Waals surface area contributed by atoms with E-state index in [4.69, 9.17) is 0 Å². The van der Waals surface area contributed by atoms with Crippen molar-refractivity contribution in [2.24, 2.45) is 5.92 Å². The first-order chi connectivity index (χ1) is 10.7. The van der Waals surface area contributed by atoms with Crippen molar-refractivity contribution in [2.75, 3.05) is 19.6 Å². The van der Waals surface area contributed by atoms with Gasteiger partial charge in [-0.2, -0.15) is 0 Å². The minimum atomic E-state index is -1.15. The van der Waals surface area contributed by atoms with Crippen molar-refractivity contribution < 1.29 is 9.90 Å². The van der Waals surface area contributed by atoms with Crippen molar-refractivity contribution in [1.29, 1.82) is 0 Å². The molecule has 3 aliphatic rings. The van der Waals surface area contributed by atoms with E-state index < -0.39 is 5.60 Å². The number of aliphatic hydroxyl groups is 1. The van der Waals surface area contributed by atoms with E-state index in [0.717, 1.165) is 31.8 Å². The van der Waals surface area contributed by atoms with Gasteiger partial charge in [0.05, 0.1) is 0 Å². The highest BCUT2D eigenvalue weighted by atomic mass is 16.3. The van der Waals surface area contributed by atoms with Crippen molar-refractivity contribution in [3.8, 4) is 0 Å². The maximum absolute atomic E-state index is 12.7. The Kier molecular flexibility index (Phi) is 5.40. The molecule has 2 saturated carbocycles. The van der Waals surface area contributed by atoms with Gasteiger partial charge in [0.1, 0.15) is 0 Å². The summed E-state index contributed by atoms with van der Waals surface area (Å²) in [6, 6.07) is 0.523. The number of piperidine rings is 1. The monoisotopic (exact) mass is 308 g/mol. The van der Waals surface area contributed by atoms with Gasteiger partial charge in [-0.1, -0.05) is 38.5 Å². The first-order valence-electron chi connectivity index (χ1n) is 9.42. The van der Waals surface area contributed by atoms with Gasteiger partial charge < -0.3 is 15.3 Å². The molecule has 1 amide bonds. The summed E-state index contributed by atoms with van der Waals surface area (Å²) >= 11 is 0. The molecule has 4 heteroatoms. The van der Waals surface area contributed by atoms with Gasteiger partial charge in [0.25, 0.3) is 5.91 Å². The molecule has 1 atom stereocenters. The average Bonchev–Trinajstić information content (AvgIpc) is 2.48. The highest BCUT2D eigenvalue weighted by molar-refractivity contribution is 5.86. The fourth-order valence-corrected chi connectivity index (χ4v) is 4.18. The lowest BCUT2D eigenvalue weighted by molar-refractivity contribution is -0.157. The maximum Gasteiger partial charge on any atom is 0.255 e. The zero-order chi connectivity index (χ0) is 15.4. The fourth-order valence-electron chi connectivity index (χ4n) is 4.18. The molecule has 0 bridgehead atoms. The summed E-state index contributed by atoms with van der Waals surface area (Å²) < 4.78 is 0. The lowest BCUT2D eigenvalue weighted by Crippen LogP contribution is -2.59. The van der Waals surface area contributed by atoms with Crippen LogP contribution in [-0.4, -0.2) is 47.2 Å². The second-order valence-electron chi connectivity index (χ2n) is 7.73. The van der Waals surface area contributed by atoms with E-state index in [0.29, 0.717) is 19.0 Å². The molecule has 0 spiro atoms. The number of hydrogen-bond donors (Lipinski definition) is 2. The smallest absolute Gasteiger partial charge is 0.255 e. The Morgan fingerprint density at radius 1 is 1.09 bits per heavy atom. The number of rotatable bonds is 6. The highest BCUT2D eigenvalue weighted by Crippen LogP contribution is 2.29. The molecule has 0 unspecified atom stereocenters. The Morgan fingerprint density at radius 2 is 1.86 bits per heavy atom. The van der Waals surface area contributed by atoms with Crippen molar-refractivity contribution in [1.82, 2.24) is 10.2 Å². The molecular formula is C18H32N2O2. The summed E-state index contributed by atoms with van der Waals surface area (Å²) in [4.78, 5) is 14.6. The van der Waals surface area contributed by atoms with Crippen LogP contribution in [0.3, 0.4) is 0 Å². The van der Waals surface area contributed by atoms with E-state index in [1.54, 1.807) is 0 Å². The number of carbonyl (C=O) groups excluding carboxylic acids is 1. The van der Waals surface area contributed by atoms with Crippen LogP contribution in [0.2, 0.25) is 0 Å². The molecule has 3 fully saturated rings. The molecule has 2 N–H and O–H groups in total. The van der Waals surface area contributed by atoms with E-state index in [1.165, 1.54) is 51.4 Å². The van der Waals surface area contributed by atoms with Crippen LogP contribution in [0.4, 0.5) is 0 Å². The molecule has 0 radical (unpaired) electrons. The summed E-state index contributed by atoms with van der Waals surface area (Å²) in [7, 11) is 0. The Hall–Kier alpha value is -0.610. The molecule has 126 valence electrons. The summed E-state index contributed by atoms with van der Waals surface area (Å²) in [5, 5.41) is 14.2. The second-order valence-corrected chi connectivity index (χ2v) is 7.73. The zero-order valence-electron chi connectivity index (χ0n) is 13.9. The highest BCUT2D eigenvalue weighted by Gasteiger charge is 2.42. The van der Waals surface area contributed by atoms with Gasteiger partial charge in [0.2, 0.25) is 0 Å².